The second-order valence-electron chi connectivity index (χ2n) is 7.67. The van der Waals surface area contributed by atoms with E-state index in [1.54, 1.807) is 7.11 Å². The van der Waals surface area contributed by atoms with Gasteiger partial charge in [0.1, 0.15) is 12.4 Å². The average molecular weight is 480 g/mol. The average Bonchev–Trinajstić information content (AvgIpc) is 2.81. The fraction of sp³-hybridized carbons (Fsp3) is 0.269. The van der Waals surface area contributed by atoms with Gasteiger partial charge in [-0.3, -0.25) is 4.90 Å². The van der Waals surface area contributed by atoms with E-state index >= 15 is 0 Å². The van der Waals surface area contributed by atoms with Gasteiger partial charge in [-0.1, -0.05) is 65.3 Å². The van der Waals surface area contributed by atoms with Gasteiger partial charge in [-0.15, -0.1) is 0 Å². The first kappa shape index (κ1) is 21.4. The maximum absolute atomic E-state index is 13.5. The summed E-state index contributed by atoms with van der Waals surface area (Å²) in [6, 6.07) is 21.9. The summed E-state index contributed by atoms with van der Waals surface area (Å²) in [5, 5.41) is 0. The molecule has 0 saturated carbocycles. The normalized spacial score (nSPS) is 15.3. The zero-order valence-corrected chi connectivity index (χ0v) is 19.4. The lowest BCUT2D eigenvalue weighted by Crippen LogP contribution is -2.39. The second-order valence-corrected chi connectivity index (χ2v) is 8.58. The van der Waals surface area contributed by atoms with Crippen LogP contribution in [0.15, 0.2) is 71.2 Å². The largest absolute Gasteiger partial charge is 0.497 e. The molecule has 1 aliphatic heterocycles. The Kier molecular flexibility index (Phi) is 6.62. The fourth-order valence-corrected chi connectivity index (χ4v) is 4.79. The molecule has 5 heteroatoms. The highest BCUT2D eigenvalue weighted by Gasteiger charge is 2.35. The Bertz CT molecular complexity index is 1050. The smallest absolute Gasteiger partial charge is 0.415 e. The van der Waals surface area contributed by atoms with Crippen molar-refractivity contribution >= 4 is 27.7 Å². The molecule has 31 heavy (non-hydrogen) atoms. The summed E-state index contributed by atoms with van der Waals surface area (Å²) in [6.45, 7) is 2.36. The summed E-state index contributed by atoms with van der Waals surface area (Å²) >= 11 is 3.63. The molecule has 0 bridgehead atoms. The lowest BCUT2D eigenvalue weighted by atomic mass is 9.89. The topological polar surface area (TPSA) is 38.8 Å². The summed E-state index contributed by atoms with van der Waals surface area (Å²) in [5.41, 5.74) is 5.29. The van der Waals surface area contributed by atoms with Crippen molar-refractivity contribution < 1.29 is 14.3 Å². The third-order valence-electron chi connectivity index (χ3n) is 5.73. The summed E-state index contributed by atoms with van der Waals surface area (Å²) in [5.74, 6) is 0.785. The van der Waals surface area contributed by atoms with Crippen LogP contribution in [0.5, 0.6) is 5.75 Å². The van der Waals surface area contributed by atoms with Gasteiger partial charge in [-0.05, 0) is 65.8 Å². The molecule has 1 aliphatic rings. The van der Waals surface area contributed by atoms with Gasteiger partial charge in [-0.2, -0.15) is 0 Å². The summed E-state index contributed by atoms with van der Waals surface area (Å²) in [7, 11) is 1.66. The van der Waals surface area contributed by atoms with Crippen molar-refractivity contribution in [3.05, 3.63) is 93.5 Å². The lowest BCUT2D eigenvalue weighted by molar-refractivity contribution is 0.143. The van der Waals surface area contributed by atoms with Crippen molar-refractivity contribution in [2.24, 2.45) is 0 Å². The Balaban J connectivity index is 1.74. The van der Waals surface area contributed by atoms with Crippen LogP contribution in [0, 0.1) is 0 Å². The Morgan fingerprint density at radius 3 is 2.65 bits per heavy atom. The van der Waals surface area contributed by atoms with Crippen LogP contribution in [-0.2, 0) is 24.2 Å². The number of carbonyl (C=O) groups excluding carboxylic acids is 1. The van der Waals surface area contributed by atoms with Crippen LogP contribution in [0.2, 0.25) is 0 Å². The van der Waals surface area contributed by atoms with E-state index in [0.29, 0.717) is 0 Å². The van der Waals surface area contributed by atoms with E-state index in [0.717, 1.165) is 51.9 Å². The number of benzene rings is 3. The number of hydrogen-bond acceptors (Lipinski definition) is 3. The first-order valence-electron chi connectivity index (χ1n) is 10.6. The number of ether oxygens (including phenoxy) is 2. The summed E-state index contributed by atoms with van der Waals surface area (Å²) in [6.07, 6.45) is 2.22. The first-order valence-corrected chi connectivity index (χ1v) is 11.3. The van der Waals surface area contributed by atoms with E-state index in [-0.39, 0.29) is 18.7 Å². The maximum atomic E-state index is 13.5. The number of anilines is 1. The zero-order chi connectivity index (χ0) is 21.8. The number of hydrogen-bond donors (Lipinski definition) is 0. The minimum atomic E-state index is -0.324. The molecule has 0 radical (unpaired) electrons. The molecule has 4 nitrogen and oxygen atoms in total. The van der Waals surface area contributed by atoms with Gasteiger partial charge in [0.25, 0.3) is 0 Å². The van der Waals surface area contributed by atoms with Gasteiger partial charge in [0, 0.05) is 4.47 Å². The van der Waals surface area contributed by atoms with Crippen LogP contribution in [0.25, 0.3) is 0 Å². The van der Waals surface area contributed by atoms with Crippen LogP contribution >= 0.6 is 15.9 Å². The van der Waals surface area contributed by atoms with Crippen LogP contribution < -0.4 is 9.64 Å². The number of rotatable bonds is 5. The van der Waals surface area contributed by atoms with Crippen molar-refractivity contribution in [2.75, 3.05) is 12.0 Å². The predicted octanol–water partition coefficient (Wildman–Crippen LogP) is 6.85. The quantitative estimate of drug-likeness (QED) is 0.401. The molecule has 1 heterocycles. The molecule has 1 amide bonds. The zero-order valence-electron chi connectivity index (χ0n) is 17.8. The Labute approximate surface area is 191 Å². The predicted molar refractivity (Wildman–Crippen MR) is 127 cm³/mol. The third-order valence-corrected chi connectivity index (χ3v) is 6.19. The Morgan fingerprint density at radius 2 is 1.90 bits per heavy atom. The molecule has 1 atom stereocenters. The van der Waals surface area contributed by atoms with Gasteiger partial charge >= 0.3 is 6.09 Å². The number of fused-ring (bicyclic) bond motifs is 1. The van der Waals surface area contributed by atoms with E-state index < -0.39 is 0 Å². The molecule has 3 aromatic carbocycles. The van der Waals surface area contributed by atoms with Gasteiger partial charge < -0.3 is 9.47 Å². The van der Waals surface area contributed by atoms with Crippen LogP contribution in [0.1, 0.15) is 41.6 Å². The molecule has 0 spiro atoms. The molecule has 0 aliphatic carbocycles. The van der Waals surface area contributed by atoms with Gasteiger partial charge in [-0.25, -0.2) is 4.79 Å². The van der Waals surface area contributed by atoms with Crippen molar-refractivity contribution in [2.45, 2.75) is 38.8 Å². The van der Waals surface area contributed by atoms with Crippen molar-refractivity contribution in [1.82, 2.24) is 0 Å². The van der Waals surface area contributed by atoms with Crippen molar-refractivity contribution in [1.29, 1.82) is 0 Å². The highest BCUT2D eigenvalue weighted by molar-refractivity contribution is 9.10. The Morgan fingerprint density at radius 1 is 1.10 bits per heavy atom. The molecule has 3 aromatic rings. The summed E-state index contributed by atoms with van der Waals surface area (Å²) < 4.78 is 12.3. The van der Waals surface area contributed by atoms with Gasteiger partial charge in [0.15, 0.2) is 0 Å². The monoisotopic (exact) mass is 479 g/mol. The van der Waals surface area contributed by atoms with E-state index in [4.69, 9.17) is 9.47 Å². The number of aryl methyl sites for hydroxylation is 2. The van der Waals surface area contributed by atoms with E-state index in [2.05, 4.69) is 41.1 Å². The number of methoxy groups -OCH3 is 1. The SMILES string of the molecule is CCc1cc(Br)cc2c1N(C(=O)OCc1ccccc1)C(c1cccc(OC)c1)CC2. The number of carbonyl (C=O) groups is 1. The third kappa shape index (κ3) is 4.62. The molecule has 0 aromatic heterocycles. The van der Waals surface area contributed by atoms with Crippen LogP contribution in [-0.4, -0.2) is 13.2 Å². The molecule has 1 unspecified atom stereocenters. The number of nitrogens with zero attached hydrogens (tertiary/aromatic N) is 1. The summed E-state index contributed by atoms with van der Waals surface area (Å²) in [4.78, 5) is 15.3. The van der Waals surface area contributed by atoms with E-state index in [9.17, 15) is 4.79 Å². The molecule has 160 valence electrons. The standard InChI is InChI=1S/C26H26BrNO3/c1-3-19-14-22(27)15-21-12-13-24(20-10-7-11-23(16-20)30-2)28(25(19)21)26(29)31-17-18-8-5-4-6-9-18/h4-11,14-16,24H,3,12-13,17H2,1-2H3. The van der Waals surface area contributed by atoms with Crippen molar-refractivity contribution in [3.63, 3.8) is 0 Å². The second kappa shape index (κ2) is 9.56. The molecular weight excluding hydrogens is 454 g/mol. The van der Waals surface area contributed by atoms with Crippen LogP contribution in [0.4, 0.5) is 10.5 Å². The van der Waals surface area contributed by atoms with E-state index in [1.165, 1.54) is 5.56 Å². The lowest BCUT2D eigenvalue weighted by Gasteiger charge is -2.38. The Hall–Kier alpha value is -2.79. The molecule has 0 N–H and O–H groups in total. The molecule has 0 saturated heterocycles. The highest BCUT2D eigenvalue weighted by Crippen LogP contribution is 2.43. The van der Waals surface area contributed by atoms with Crippen LogP contribution in [0.3, 0.4) is 0 Å². The molecule has 4 rings (SSSR count). The van der Waals surface area contributed by atoms with E-state index in [1.807, 2.05) is 53.4 Å². The minimum Gasteiger partial charge on any atom is -0.497 e. The van der Waals surface area contributed by atoms with Crippen molar-refractivity contribution in [3.8, 4) is 5.75 Å². The number of amides is 1. The van der Waals surface area contributed by atoms with Gasteiger partial charge in [0.05, 0.1) is 18.8 Å². The number of halogens is 1. The maximum Gasteiger partial charge on any atom is 0.415 e. The molecule has 0 fully saturated rings. The fourth-order valence-electron chi connectivity index (χ4n) is 4.24. The minimum absolute atomic E-state index is 0.114. The first-order chi connectivity index (χ1) is 15.1. The highest BCUT2D eigenvalue weighted by atomic mass is 79.9. The van der Waals surface area contributed by atoms with Gasteiger partial charge in [0.2, 0.25) is 0 Å². The molecular formula is C26H26BrNO3.